The molecule has 1 aromatic rings. The summed E-state index contributed by atoms with van der Waals surface area (Å²) in [6.45, 7) is 16.9. The van der Waals surface area contributed by atoms with E-state index in [2.05, 4.69) is 25.0 Å². The number of benzene rings is 1. The highest BCUT2D eigenvalue weighted by molar-refractivity contribution is 8.02. The summed E-state index contributed by atoms with van der Waals surface area (Å²) in [6.07, 6.45) is 4.78. The Hall–Kier alpha value is -2.86. The summed E-state index contributed by atoms with van der Waals surface area (Å²) in [4.78, 5) is 50.7. The van der Waals surface area contributed by atoms with Crippen molar-refractivity contribution in [3.05, 3.63) is 49.6 Å². The third kappa shape index (κ3) is 5.79. The highest BCUT2D eigenvalue weighted by atomic mass is 32.2. The number of thioether (sulfide) groups is 1. The number of carbonyl (C=O) groups excluding carboxylic acids is 3. The average Bonchev–Trinajstić information content (AvgIpc) is 3.59. The fraction of sp³-hybridized carbons (Fsp3) is 0.606. The van der Waals surface area contributed by atoms with Crippen LogP contribution in [0.2, 0.25) is 0 Å². The van der Waals surface area contributed by atoms with Crippen molar-refractivity contribution in [2.24, 2.45) is 11.8 Å². The summed E-state index contributed by atoms with van der Waals surface area (Å²) in [5, 5.41) is 10.0. The molecule has 5 rings (SSSR count). The lowest BCUT2D eigenvalue weighted by Gasteiger charge is -2.38. The van der Waals surface area contributed by atoms with Crippen LogP contribution in [0.4, 0.5) is 5.69 Å². The zero-order chi connectivity index (χ0) is 31.5. The van der Waals surface area contributed by atoms with Gasteiger partial charge in [0.2, 0.25) is 17.7 Å². The second-order valence-corrected chi connectivity index (χ2v) is 14.1. The summed E-state index contributed by atoms with van der Waals surface area (Å²) in [7, 11) is 0. The van der Waals surface area contributed by atoms with Crippen molar-refractivity contribution in [1.82, 2.24) is 14.7 Å². The number of morpholine rings is 1. The Bertz CT molecular complexity index is 1240. The first kappa shape index (κ1) is 32.5. The largest absolute Gasteiger partial charge is 0.494 e. The van der Waals surface area contributed by atoms with Crippen molar-refractivity contribution in [2.45, 2.75) is 42.2 Å². The molecule has 4 aliphatic heterocycles. The van der Waals surface area contributed by atoms with Gasteiger partial charge in [-0.15, -0.1) is 24.9 Å². The molecule has 10 nitrogen and oxygen atoms in total. The Kier molecular flexibility index (Phi) is 10.1. The molecule has 0 saturated carbocycles. The van der Waals surface area contributed by atoms with Gasteiger partial charge in [0.15, 0.2) is 0 Å². The number of hydrogen-bond donors (Lipinski definition) is 1. The van der Waals surface area contributed by atoms with Crippen LogP contribution in [0, 0.1) is 11.8 Å². The number of rotatable bonds is 14. The van der Waals surface area contributed by atoms with Crippen molar-refractivity contribution in [3.8, 4) is 5.75 Å². The van der Waals surface area contributed by atoms with Gasteiger partial charge in [0.25, 0.3) is 0 Å². The summed E-state index contributed by atoms with van der Waals surface area (Å²) >= 11 is 1.64. The van der Waals surface area contributed by atoms with E-state index in [-0.39, 0.29) is 37.4 Å². The van der Waals surface area contributed by atoms with Crippen LogP contribution in [-0.4, -0.2) is 125 Å². The Balaban J connectivity index is 1.46. The molecule has 11 heteroatoms. The summed E-state index contributed by atoms with van der Waals surface area (Å²) in [5.74, 6) is -1.07. The molecule has 0 aromatic heterocycles. The highest BCUT2D eigenvalue weighted by Crippen LogP contribution is 2.71. The lowest BCUT2D eigenvalue weighted by atomic mass is 9.66. The van der Waals surface area contributed by atoms with Crippen LogP contribution in [0.1, 0.15) is 26.7 Å². The number of nitrogens with zero attached hydrogens (tertiary/aromatic N) is 4. The fourth-order valence-corrected chi connectivity index (χ4v) is 9.99. The number of likely N-dealkylation sites (tertiary alicyclic amines) is 1. The van der Waals surface area contributed by atoms with Crippen LogP contribution in [0.5, 0.6) is 5.75 Å². The molecule has 1 spiro atoms. The molecule has 4 fully saturated rings. The third-order valence-electron chi connectivity index (χ3n) is 9.61. The van der Waals surface area contributed by atoms with Gasteiger partial charge in [-0.25, -0.2) is 0 Å². The maximum absolute atomic E-state index is 14.6. The number of aliphatic hydroxyl groups is 1. The third-order valence-corrected chi connectivity index (χ3v) is 11.6. The number of aliphatic hydroxyl groups excluding tert-OH is 1. The van der Waals surface area contributed by atoms with Crippen LogP contribution in [0.15, 0.2) is 49.6 Å². The Labute approximate surface area is 265 Å². The van der Waals surface area contributed by atoms with Crippen molar-refractivity contribution in [1.29, 1.82) is 0 Å². The SMILES string of the molecule is C=CCN(CCN1CCOCC1)C(=O)C1N(CCO)C(=O)[C@@H]2[C@H](C(=O)N(CC=C)c3ccc(OCC)cc3)[C@]3(C)CCC12S3. The summed E-state index contributed by atoms with van der Waals surface area (Å²) < 4.78 is 9.81. The van der Waals surface area contributed by atoms with Crippen LogP contribution in [0.25, 0.3) is 0 Å². The average molecular weight is 627 g/mol. The van der Waals surface area contributed by atoms with Gasteiger partial charge >= 0.3 is 0 Å². The predicted octanol–water partition coefficient (Wildman–Crippen LogP) is 2.42. The van der Waals surface area contributed by atoms with Crippen molar-refractivity contribution < 1.29 is 29.0 Å². The zero-order valence-electron chi connectivity index (χ0n) is 26.0. The maximum Gasteiger partial charge on any atom is 0.247 e. The van der Waals surface area contributed by atoms with E-state index in [1.54, 1.807) is 38.6 Å². The molecular weight excluding hydrogens is 580 g/mol. The number of β-amino-alcohol motifs (C(OH)–C–C–N with tert-alkyl or cyclic N) is 1. The Morgan fingerprint density at radius 2 is 1.82 bits per heavy atom. The number of carbonyl (C=O) groups is 3. The van der Waals surface area contributed by atoms with Crippen LogP contribution in [0.3, 0.4) is 0 Å². The molecule has 240 valence electrons. The van der Waals surface area contributed by atoms with Crippen molar-refractivity contribution in [3.63, 3.8) is 0 Å². The zero-order valence-corrected chi connectivity index (χ0v) is 26.8. The minimum atomic E-state index is -0.764. The second kappa shape index (κ2) is 13.6. The molecule has 1 aromatic carbocycles. The van der Waals surface area contributed by atoms with Gasteiger partial charge in [0.05, 0.1) is 43.0 Å². The van der Waals surface area contributed by atoms with Crippen LogP contribution < -0.4 is 9.64 Å². The van der Waals surface area contributed by atoms with Gasteiger partial charge in [0.1, 0.15) is 11.8 Å². The first-order valence-electron chi connectivity index (χ1n) is 15.7. The lowest BCUT2D eigenvalue weighted by molar-refractivity contribution is -0.143. The summed E-state index contributed by atoms with van der Waals surface area (Å²) in [5.41, 5.74) is 0.703. The van der Waals surface area contributed by atoms with Gasteiger partial charge in [0, 0.05) is 56.2 Å². The first-order chi connectivity index (χ1) is 21.2. The molecule has 44 heavy (non-hydrogen) atoms. The van der Waals surface area contributed by atoms with E-state index in [1.807, 2.05) is 31.2 Å². The Morgan fingerprint density at radius 3 is 2.45 bits per heavy atom. The second-order valence-electron chi connectivity index (χ2n) is 12.2. The monoisotopic (exact) mass is 626 g/mol. The molecule has 0 radical (unpaired) electrons. The first-order valence-corrected chi connectivity index (χ1v) is 16.5. The van der Waals surface area contributed by atoms with Gasteiger partial charge in [-0.3, -0.25) is 19.3 Å². The van der Waals surface area contributed by atoms with Crippen LogP contribution in [-0.2, 0) is 19.1 Å². The molecule has 2 bridgehead atoms. The maximum atomic E-state index is 14.6. The molecule has 3 amide bonds. The number of fused-ring (bicyclic) bond motifs is 1. The normalized spacial score (nSPS) is 29.4. The van der Waals surface area contributed by atoms with E-state index in [4.69, 9.17) is 9.47 Å². The van der Waals surface area contributed by atoms with E-state index >= 15 is 0 Å². The standard InChI is InChI=1S/C33H46N4O6S/c1-5-14-35(17-16-34-19-22-42-23-20-34)31(41)28-33-13-12-32(4,44-33)26(27(33)30(40)37(28)18-21-38)29(39)36(15-6-2)24-8-10-25(11-9-24)43-7-3/h5-6,8-11,26-28,38H,1-2,7,12-23H2,3-4H3/t26-,27+,28?,32+,33?/m1/s1. The van der Waals surface area contributed by atoms with Gasteiger partial charge in [-0.2, -0.15) is 0 Å². The predicted molar refractivity (Wildman–Crippen MR) is 172 cm³/mol. The number of ether oxygens (including phenoxy) is 2. The van der Waals surface area contributed by atoms with Gasteiger partial charge in [-0.05, 0) is 51.0 Å². The van der Waals surface area contributed by atoms with Crippen LogP contribution >= 0.6 is 11.8 Å². The molecule has 5 atom stereocenters. The van der Waals surface area contributed by atoms with Gasteiger partial charge in [-0.1, -0.05) is 12.2 Å². The van der Waals surface area contributed by atoms with E-state index in [9.17, 15) is 19.5 Å². The molecule has 4 aliphatic rings. The van der Waals surface area contributed by atoms with Crippen molar-refractivity contribution >= 4 is 35.2 Å². The molecule has 4 saturated heterocycles. The number of hydrogen-bond acceptors (Lipinski definition) is 8. The van der Waals surface area contributed by atoms with Crippen molar-refractivity contribution in [2.75, 3.05) is 77.1 Å². The topological polar surface area (TPSA) is 103 Å². The highest BCUT2D eigenvalue weighted by Gasteiger charge is 2.77. The molecule has 4 heterocycles. The quantitative estimate of drug-likeness (QED) is 0.315. The van der Waals surface area contributed by atoms with Gasteiger partial charge < -0.3 is 29.3 Å². The number of anilines is 1. The number of amides is 3. The van der Waals surface area contributed by atoms with E-state index < -0.39 is 27.4 Å². The lowest BCUT2D eigenvalue weighted by Crippen LogP contribution is -2.56. The fourth-order valence-electron chi connectivity index (χ4n) is 7.65. The molecule has 1 N–H and O–H groups in total. The summed E-state index contributed by atoms with van der Waals surface area (Å²) in [6, 6.07) is 6.62. The van der Waals surface area contributed by atoms with E-state index in [1.165, 1.54) is 0 Å². The van der Waals surface area contributed by atoms with E-state index in [0.717, 1.165) is 19.5 Å². The molecule has 0 aliphatic carbocycles. The molecular formula is C33H46N4O6S. The molecule has 2 unspecified atom stereocenters. The minimum absolute atomic E-state index is 0.0479. The minimum Gasteiger partial charge on any atom is -0.494 e. The smallest absolute Gasteiger partial charge is 0.247 e. The van der Waals surface area contributed by atoms with E-state index in [0.29, 0.717) is 57.3 Å². The Morgan fingerprint density at radius 1 is 1.11 bits per heavy atom.